The number of benzene rings is 1. The maximum Gasteiger partial charge on any atom is 0.416 e. The number of aromatic nitrogens is 1. The quantitative estimate of drug-likeness (QED) is 0.835. The van der Waals surface area contributed by atoms with Crippen molar-refractivity contribution in [3.8, 4) is 0 Å². The van der Waals surface area contributed by atoms with Crippen LogP contribution in [0.1, 0.15) is 16.7 Å². The van der Waals surface area contributed by atoms with Crippen LogP contribution in [-0.2, 0) is 19.0 Å². The molecule has 1 aromatic heterocycles. The van der Waals surface area contributed by atoms with E-state index in [1.165, 1.54) is 11.1 Å². The predicted octanol–water partition coefficient (Wildman–Crippen LogP) is 4.33. The summed E-state index contributed by atoms with van der Waals surface area (Å²) < 4.78 is 38.3. The van der Waals surface area contributed by atoms with Crippen molar-refractivity contribution < 1.29 is 13.2 Å². The number of halogens is 4. The van der Waals surface area contributed by atoms with Gasteiger partial charge in [-0.15, -0.1) is 0 Å². The highest BCUT2D eigenvalue weighted by molar-refractivity contribution is 6.29. The fourth-order valence-electron chi connectivity index (χ4n) is 2.60. The first-order chi connectivity index (χ1) is 9.91. The van der Waals surface area contributed by atoms with Gasteiger partial charge in [-0.2, -0.15) is 13.2 Å². The van der Waals surface area contributed by atoms with E-state index in [0.29, 0.717) is 0 Å². The molecular formula is C15H12ClF3N2. The lowest BCUT2D eigenvalue weighted by molar-refractivity contribution is -0.137. The summed E-state index contributed by atoms with van der Waals surface area (Å²) in [6.07, 6.45) is -2.89. The summed E-state index contributed by atoms with van der Waals surface area (Å²) in [6, 6.07) is 9.84. The molecule has 3 rings (SSSR count). The van der Waals surface area contributed by atoms with Gasteiger partial charge in [0.2, 0.25) is 0 Å². The molecule has 1 heterocycles. The fraction of sp³-hybridized carbons (Fsp3) is 0.267. The molecule has 110 valence electrons. The number of fused-ring (bicyclic) bond motifs is 1. The second-order valence-electron chi connectivity index (χ2n) is 5.08. The molecule has 0 unspecified atom stereocenters. The SMILES string of the molecule is FC(F)(F)c1cc(Cl)nc(NC2Cc3ccccc3C2)c1. The summed E-state index contributed by atoms with van der Waals surface area (Å²) in [5, 5.41) is 2.88. The number of alkyl halides is 3. The fourth-order valence-corrected chi connectivity index (χ4v) is 2.81. The monoisotopic (exact) mass is 312 g/mol. The summed E-state index contributed by atoms with van der Waals surface area (Å²) in [6.45, 7) is 0. The van der Waals surface area contributed by atoms with Gasteiger partial charge >= 0.3 is 6.18 Å². The first kappa shape index (κ1) is 14.2. The molecule has 0 amide bonds. The second kappa shape index (κ2) is 5.22. The van der Waals surface area contributed by atoms with Gasteiger partial charge in [0.1, 0.15) is 11.0 Å². The molecule has 1 aliphatic carbocycles. The molecule has 0 spiro atoms. The number of pyridine rings is 1. The molecule has 21 heavy (non-hydrogen) atoms. The second-order valence-corrected chi connectivity index (χ2v) is 5.47. The van der Waals surface area contributed by atoms with Crippen LogP contribution in [0.25, 0.3) is 0 Å². The van der Waals surface area contributed by atoms with Gasteiger partial charge in [-0.3, -0.25) is 0 Å². The Morgan fingerprint density at radius 3 is 2.29 bits per heavy atom. The van der Waals surface area contributed by atoms with Gasteiger partial charge in [0, 0.05) is 6.04 Å². The summed E-state index contributed by atoms with van der Waals surface area (Å²) in [5.41, 5.74) is 1.64. The van der Waals surface area contributed by atoms with Crippen LogP contribution >= 0.6 is 11.6 Å². The number of anilines is 1. The lowest BCUT2D eigenvalue weighted by atomic mass is 10.1. The molecule has 2 aromatic rings. The van der Waals surface area contributed by atoms with Gasteiger partial charge in [0.25, 0.3) is 0 Å². The van der Waals surface area contributed by atoms with E-state index in [9.17, 15) is 13.2 Å². The van der Waals surface area contributed by atoms with Crippen LogP contribution < -0.4 is 5.32 Å². The van der Waals surface area contributed by atoms with Gasteiger partial charge in [-0.25, -0.2) is 4.98 Å². The smallest absolute Gasteiger partial charge is 0.367 e. The number of hydrogen-bond acceptors (Lipinski definition) is 2. The Morgan fingerprint density at radius 2 is 1.71 bits per heavy atom. The third-order valence-corrected chi connectivity index (χ3v) is 3.72. The summed E-state index contributed by atoms with van der Waals surface area (Å²) in [4.78, 5) is 3.93. The first-order valence-corrected chi connectivity index (χ1v) is 6.88. The van der Waals surface area contributed by atoms with E-state index in [1.54, 1.807) is 0 Å². The molecule has 0 aliphatic heterocycles. The minimum Gasteiger partial charge on any atom is -0.367 e. The van der Waals surface area contributed by atoms with Crippen LogP contribution in [0.2, 0.25) is 5.15 Å². The van der Waals surface area contributed by atoms with Crippen LogP contribution in [0.15, 0.2) is 36.4 Å². The Labute approximate surface area is 125 Å². The van der Waals surface area contributed by atoms with E-state index in [2.05, 4.69) is 10.3 Å². The maximum atomic E-state index is 12.8. The van der Waals surface area contributed by atoms with Crippen molar-refractivity contribution in [2.75, 3.05) is 5.32 Å². The Hall–Kier alpha value is -1.75. The van der Waals surface area contributed by atoms with E-state index in [1.807, 2.05) is 24.3 Å². The zero-order chi connectivity index (χ0) is 15.0. The number of nitrogens with zero attached hydrogens (tertiary/aromatic N) is 1. The van der Waals surface area contributed by atoms with Crippen LogP contribution in [-0.4, -0.2) is 11.0 Å². The topological polar surface area (TPSA) is 24.9 Å². The molecule has 1 aromatic carbocycles. The highest BCUT2D eigenvalue weighted by atomic mass is 35.5. The summed E-state index contributed by atoms with van der Waals surface area (Å²) >= 11 is 5.68. The van der Waals surface area contributed by atoms with Crippen molar-refractivity contribution in [1.82, 2.24) is 4.98 Å². The molecular weight excluding hydrogens is 301 g/mol. The molecule has 1 N–H and O–H groups in total. The Bertz CT molecular complexity index is 645. The van der Waals surface area contributed by atoms with Crippen LogP contribution in [0.4, 0.5) is 19.0 Å². The van der Waals surface area contributed by atoms with Gasteiger partial charge < -0.3 is 5.32 Å². The van der Waals surface area contributed by atoms with Gasteiger partial charge in [0.15, 0.2) is 0 Å². The van der Waals surface area contributed by atoms with Crippen molar-refractivity contribution in [3.63, 3.8) is 0 Å². The Morgan fingerprint density at radius 1 is 1.10 bits per heavy atom. The molecule has 0 radical (unpaired) electrons. The molecule has 1 aliphatic rings. The predicted molar refractivity (Wildman–Crippen MR) is 75.5 cm³/mol. The van der Waals surface area contributed by atoms with Crippen molar-refractivity contribution in [3.05, 3.63) is 58.2 Å². The van der Waals surface area contributed by atoms with Gasteiger partial charge in [-0.1, -0.05) is 35.9 Å². The largest absolute Gasteiger partial charge is 0.416 e. The maximum absolute atomic E-state index is 12.8. The normalized spacial score (nSPS) is 15.0. The van der Waals surface area contributed by atoms with Crippen LogP contribution in [0, 0.1) is 0 Å². The van der Waals surface area contributed by atoms with E-state index in [4.69, 9.17) is 11.6 Å². The molecule has 2 nitrogen and oxygen atoms in total. The third kappa shape index (κ3) is 3.13. The lowest BCUT2D eigenvalue weighted by Gasteiger charge is -2.15. The Balaban J connectivity index is 1.79. The lowest BCUT2D eigenvalue weighted by Crippen LogP contribution is -2.20. The molecule has 6 heteroatoms. The zero-order valence-electron chi connectivity index (χ0n) is 10.9. The van der Waals surface area contributed by atoms with E-state index in [-0.39, 0.29) is 17.0 Å². The summed E-state index contributed by atoms with van der Waals surface area (Å²) in [7, 11) is 0. The van der Waals surface area contributed by atoms with E-state index in [0.717, 1.165) is 25.0 Å². The van der Waals surface area contributed by atoms with Crippen molar-refractivity contribution in [2.45, 2.75) is 25.1 Å². The highest BCUT2D eigenvalue weighted by Crippen LogP contribution is 2.32. The number of nitrogens with one attached hydrogen (secondary N) is 1. The van der Waals surface area contributed by atoms with Gasteiger partial charge in [-0.05, 0) is 36.1 Å². The first-order valence-electron chi connectivity index (χ1n) is 6.50. The van der Waals surface area contributed by atoms with Gasteiger partial charge in [0.05, 0.1) is 5.56 Å². The molecule has 0 fully saturated rings. The standard InChI is InChI=1S/C15H12ClF3N2/c16-13-7-11(15(17,18)19)8-14(21-13)20-12-5-9-3-1-2-4-10(9)6-12/h1-4,7-8,12H,5-6H2,(H,20,21). The number of hydrogen-bond donors (Lipinski definition) is 1. The summed E-state index contributed by atoms with van der Waals surface area (Å²) in [5.74, 6) is 0.160. The van der Waals surface area contributed by atoms with Crippen molar-refractivity contribution in [2.24, 2.45) is 0 Å². The van der Waals surface area contributed by atoms with E-state index >= 15 is 0 Å². The van der Waals surface area contributed by atoms with Crippen LogP contribution in [0.3, 0.4) is 0 Å². The average Bonchev–Trinajstić information content (AvgIpc) is 2.79. The number of rotatable bonds is 2. The molecule has 0 saturated carbocycles. The minimum atomic E-state index is -4.43. The molecule has 0 bridgehead atoms. The van der Waals surface area contributed by atoms with Crippen molar-refractivity contribution >= 4 is 17.4 Å². The third-order valence-electron chi connectivity index (χ3n) is 3.52. The van der Waals surface area contributed by atoms with E-state index < -0.39 is 11.7 Å². The van der Waals surface area contributed by atoms with Crippen molar-refractivity contribution in [1.29, 1.82) is 0 Å². The zero-order valence-corrected chi connectivity index (χ0v) is 11.7. The average molecular weight is 313 g/mol. The molecule has 0 saturated heterocycles. The Kier molecular flexibility index (Phi) is 3.53. The minimum absolute atomic E-state index is 0.0365. The molecule has 0 atom stereocenters. The highest BCUT2D eigenvalue weighted by Gasteiger charge is 2.32. The van der Waals surface area contributed by atoms with Crippen LogP contribution in [0.5, 0.6) is 0 Å².